The number of benzene rings is 1. The van der Waals surface area contributed by atoms with Gasteiger partial charge < -0.3 is 10.2 Å². The Hall–Kier alpha value is -2.47. The van der Waals surface area contributed by atoms with E-state index in [1.54, 1.807) is 11.3 Å². The molecule has 0 spiro atoms. The molecule has 0 aliphatic heterocycles. The summed E-state index contributed by atoms with van der Waals surface area (Å²) in [5.74, 6) is 0.639. The third-order valence-corrected chi connectivity index (χ3v) is 4.17. The molecule has 0 saturated carbocycles. The van der Waals surface area contributed by atoms with E-state index in [0.717, 1.165) is 27.3 Å². The Kier molecular flexibility index (Phi) is 3.77. The van der Waals surface area contributed by atoms with Crippen molar-refractivity contribution in [1.29, 1.82) is 0 Å². The van der Waals surface area contributed by atoms with E-state index in [9.17, 15) is 4.79 Å². The number of carbonyl (C=O) groups excluding carboxylic acids is 1. The molecule has 1 N–H and O–H groups in total. The van der Waals surface area contributed by atoms with Gasteiger partial charge in [-0.2, -0.15) is 0 Å². The third-order valence-electron chi connectivity index (χ3n) is 3.28. The van der Waals surface area contributed by atoms with Gasteiger partial charge in [0, 0.05) is 30.0 Å². The van der Waals surface area contributed by atoms with E-state index in [2.05, 4.69) is 15.3 Å². The number of amides is 1. The number of anilines is 2. The molecular weight excluding hydrogens is 296 g/mol. The number of hydrogen-bond acceptors (Lipinski definition) is 5. The summed E-state index contributed by atoms with van der Waals surface area (Å²) in [7, 11) is 3.83. The molecule has 0 aliphatic carbocycles. The van der Waals surface area contributed by atoms with Gasteiger partial charge in [-0.05, 0) is 19.1 Å². The lowest BCUT2D eigenvalue weighted by molar-refractivity contribution is 0.101. The minimum atomic E-state index is -0.306. The number of aromatic nitrogens is 2. The quantitative estimate of drug-likeness (QED) is 0.806. The van der Waals surface area contributed by atoms with Crippen LogP contribution in [0, 0.1) is 6.92 Å². The molecule has 3 rings (SSSR count). The average molecular weight is 312 g/mol. The van der Waals surface area contributed by atoms with Crippen LogP contribution in [0.5, 0.6) is 0 Å². The lowest BCUT2D eigenvalue weighted by atomic mass is 10.2. The summed E-state index contributed by atoms with van der Waals surface area (Å²) >= 11 is 1.61. The molecule has 0 unspecified atom stereocenters. The second kappa shape index (κ2) is 5.73. The number of carbonyl (C=O) groups is 1. The second-order valence-corrected chi connectivity index (χ2v) is 6.22. The van der Waals surface area contributed by atoms with E-state index in [1.807, 2.05) is 61.6 Å². The van der Waals surface area contributed by atoms with Crippen LogP contribution in [0.3, 0.4) is 0 Å². The van der Waals surface area contributed by atoms with Crippen LogP contribution < -0.4 is 10.2 Å². The van der Waals surface area contributed by atoms with Gasteiger partial charge in [0.05, 0.1) is 10.9 Å². The minimum absolute atomic E-state index is 0.179. The largest absolute Gasteiger partial charge is 0.362 e. The molecule has 3 aromatic rings. The SMILES string of the molecule is Cc1scc2nc(C(=O)Nc3ccccc3)nc(N(C)C)c12. The number of nitrogens with zero attached hydrogens (tertiary/aromatic N) is 3. The van der Waals surface area contributed by atoms with Gasteiger partial charge >= 0.3 is 0 Å². The van der Waals surface area contributed by atoms with E-state index in [-0.39, 0.29) is 11.7 Å². The van der Waals surface area contributed by atoms with Crippen LogP contribution in [0.25, 0.3) is 10.9 Å². The van der Waals surface area contributed by atoms with E-state index >= 15 is 0 Å². The fourth-order valence-electron chi connectivity index (χ4n) is 2.23. The monoisotopic (exact) mass is 312 g/mol. The first-order chi connectivity index (χ1) is 10.6. The molecule has 5 nitrogen and oxygen atoms in total. The Balaban J connectivity index is 2.02. The van der Waals surface area contributed by atoms with Crippen LogP contribution in [0.1, 0.15) is 15.5 Å². The van der Waals surface area contributed by atoms with Crippen molar-refractivity contribution in [3.8, 4) is 0 Å². The first-order valence-electron chi connectivity index (χ1n) is 6.86. The van der Waals surface area contributed by atoms with Gasteiger partial charge in [-0.1, -0.05) is 18.2 Å². The van der Waals surface area contributed by atoms with Crippen molar-refractivity contribution in [3.05, 3.63) is 46.4 Å². The second-order valence-electron chi connectivity index (χ2n) is 5.14. The van der Waals surface area contributed by atoms with Crippen LogP contribution in [-0.2, 0) is 0 Å². The number of aryl methyl sites for hydroxylation is 1. The normalized spacial score (nSPS) is 10.7. The smallest absolute Gasteiger partial charge is 0.293 e. The van der Waals surface area contributed by atoms with Crippen LogP contribution in [0.4, 0.5) is 11.5 Å². The van der Waals surface area contributed by atoms with Crippen molar-refractivity contribution in [2.75, 3.05) is 24.3 Å². The zero-order chi connectivity index (χ0) is 15.7. The Bertz CT molecular complexity index is 827. The number of para-hydroxylation sites is 1. The van der Waals surface area contributed by atoms with Crippen LogP contribution >= 0.6 is 11.3 Å². The molecule has 1 amide bonds. The molecule has 112 valence electrons. The molecule has 2 aromatic heterocycles. The maximum Gasteiger partial charge on any atom is 0.293 e. The lowest BCUT2D eigenvalue weighted by Crippen LogP contribution is -2.19. The summed E-state index contributed by atoms with van der Waals surface area (Å²) in [5.41, 5.74) is 1.53. The van der Waals surface area contributed by atoms with Crippen molar-refractivity contribution < 1.29 is 4.79 Å². The summed E-state index contributed by atoms with van der Waals surface area (Å²) in [5, 5.41) is 5.78. The Morgan fingerprint density at radius 1 is 1.18 bits per heavy atom. The number of fused-ring (bicyclic) bond motifs is 1. The summed E-state index contributed by atoms with van der Waals surface area (Å²) < 4.78 is 0. The molecule has 22 heavy (non-hydrogen) atoms. The first-order valence-corrected chi connectivity index (χ1v) is 7.74. The molecule has 6 heteroatoms. The van der Waals surface area contributed by atoms with E-state index < -0.39 is 0 Å². The number of hydrogen-bond donors (Lipinski definition) is 1. The maximum absolute atomic E-state index is 12.4. The van der Waals surface area contributed by atoms with Crippen molar-refractivity contribution in [1.82, 2.24) is 9.97 Å². The molecule has 1 aromatic carbocycles. The molecule has 0 bridgehead atoms. The van der Waals surface area contributed by atoms with Gasteiger partial charge in [-0.15, -0.1) is 11.3 Å². The van der Waals surface area contributed by atoms with Crippen LogP contribution in [-0.4, -0.2) is 30.0 Å². The van der Waals surface area contributed by atoms with Crippen LogP contribution in [0.15, 0.2) is 35.7 Å². The van der Waals surface area contributed by atoms with Crippen molar-refractivity contribution >= 4 is 39.7 Å². The highest BCUT2D eigenvalue weighted by atomic mass is 32.1. The predicted octanol–water partition coefficient (Wildman–Crippen LogP) is 3.32. The molecule has 0 fully saturated rings. The number of thiophene rings is 1. The average Bonchev–Trinajstić information content (AvgIpc) is 2.89. The summed E-state index contributed by atoms with van der Waals surface area (Å²) in [4.78, 5) is 24.3. The van der Waals surface area contributed by atoms with Crippen molar-refractivity contribution in [3.63, 3.8) is 0 Å². The zero-order valence-electron chi connectivity index (χ0n) is 12.6. The van der Waals surface area contributed by atoms with Gasteiger partial charge in [0.25, 0.3) is 5.91 Å². The standard InChI is InChI=1S/C16H16N4OS/c1-10-13-12(9-22-10)18-14(19-15(13)20(2)3)16(21)17-11-7-5-4-6-8-11/h4-9H,1-3H3,(H,17,21). The van der Waals surface area contributed by atoms with Gasteiger partial charge in [-0.3, -0.25) is 4.79 Å². The maximum atomic E-state index is 12.4. The fraction of sp³-hybridized carbons (Fsp3) is 0.188. The Morgan fingerprint density at radius 3 is 2.59 bits per heavy atom. The number of nitrogens with one attached hydrogen (secondary N) is 1. The minimum Gasteiger partial charge on any atom is -0.362 e. The molecular formula is C16H16N4OS. The first kappa shape index (κ1) is 14.5. The van der Waals surface area contributed by atoms with Gasteiger partial charge in [0.2, 0.25) is 5.82 Å². The number of rotatable bonds is 3. The zero-order valence-corrected chi connectivity index (χ0v) is 13.4. The predicted molar refractivity (Wildman–Crippen MR) is 90.9 cm³/mol. The molecule has 0 aliphatic rings. The lowest BCUT2D eigenvalue weighted by Gasteiger charge is -2.14. The third kappa shape index (κ3) is 2.65. The fourth-order valence-corrected chi connectivity index (χ4v) is 3.00. The highest BCUT2D eigenvalue weighted by Crippen LogP contribution is 2.30. The Labute approximate surface area is 132 Å². The van der Waals surface area contributed by atoms with E-state index in [0.29, 0.717) is 0 Å². The molecule has 0 saturated heterocycles. The van der Waals surface area contributed by atoms with Crippen molar-refractivity contribution in [2.45, 2.75) is 6.92 Å². The van der Waals surface area contributed by atoms with Gasteiger partial charge in [-0.25, -0.2) is 9.97 Å². The molecule has 2 heterocycles. The summed E-state index contributed by atoms with van der Waals surface area (Å²) in [6.07, 6.45) is 0. The van der Waals surface area contributed by atoms with E-state index in [4.69, 9.17) is 0 Å². The topological polar surface area (TPSA) is 58.1 Å². The molecule has 0 radical (unpaired) electrons. The van der Waals surface area contributed by atoms with Gasteiger partial charge in [0.15, 0.2) is 0 Å². The van der Waals surface area contributed by atoms with Gasteiger partial charge in [0.1, 0.15) is 5.82 Å². The Morgan fingerprint density at radius 2 is 1.91 bits per heavy atom. The molecule has 0 atom stereocenters. The van der Waals surface area contributed by atoms with Crippen LogP contribution in [0.2, 0.25) is 0 Å². The highest BCUT2D eigenvalue weighted by molar-refractivity contribution is 7.11. The highest BCUT2D eigenvalue weighted by Gasteiger charge is 2.17. The van der Waals surface area contributed by atoms with E-state index in [1.165, 1.54) is 0 Å². The summed E-state index contributed by atoms with van der Waals surface area (Å²) in [6, 6.07) is 9.30. The summed E-state index contributed by atoms with van der Waals surface area (Å²) in [6.45, 7) is 2.03. The van der Waals surface area contributed by atoms with Crippen molar-refractivity contribution in [2.24, 2.45) is 0 Å².